The number of unbranched alkanes of at least 4 members (excludes halogenated alkanes) is 3. The maximum Gasteiger partial charge on any atom is 0.129 e. The highest BCUT2D eigenvalue weighted by molar-refractivity contribution is 5.43. The van der Waals surface area contributed by atoms with E-state index in [1.54, 1.807) is 7.11 Å². The van der Waals surface area contributed by atoms with Gasteiger partial charge >= 0.3 is 0 Å². The van der Waals surface area contributed by atoms with E-state index in [1.807, 2.05) is 18.2 Å². The molecule has 112 valence electrons. The van der Waals surface area contributed by atoms with E-state index in [1.165, 1.54) is 19.3 Å². The molecule has 0 spiro atoms. The third-order valence-corrected chi connectivity index (χ3v) is 4.12. The maximum atomic E-state index is 10.3. The summed E-state index contributed by atoms with van der Waals surface area (Å²) in [6, 6.07) is 5.65. The van der Waals surface area contributed by atoms with Crippen LogP contribution < -0.4 is 9.47 Å². The number of hydrogen-bond acceptors (Lipinski definition) is 3. The average Bonchev–Trinajstić information content (AvgIpc) is 2.42. The Labute approximate surface area is 121 Å². The number of ether oxygens (including phenoxy) is 2. The lowest BCUT2D eigenvalue weighted by molar-refractivity contribution is -0.00865. The molecule has 1 aliphatic heterocycles. The predicted octanol–water partition coefficient (Wildman–Crippen LogP) is 4.24. The molecule has 0 saturated carbocycles. The van der Waals surface area contributed by atoms with Gasteiger partial charge in [-0.05, 0) is 31.9 Å². The van der Waals surface area contributed by atoms with Gasteiger partial charge in [0.25, 0.3) is 0 Å². The summed E-state index contributed by atoms with van der Waals surface area (Å²) in [7, 11) is 1.64. The molecule has 1 aromatic rings. The highest BCUT2D eigenvalue weighted by Gasteiger charge is 2.36. The molecule has 0 aromatic heterocycles. The van der Waals surface area contributed by atoms with Crippen LogP contribution >= 0.6 is 0 Å². The smallest absolute Gasteiger partial charge is 0.129 e. The predicted molar refractivity (Wildman–Crippen MR) is 80.4 cm³/mol. The molecule has 0 fully saturated rings. The summed E-state index contributed by atoms with van der Waals surface area (Å²) in [4.78, 5) is 0. The van der Waals surface area contributed by atoms with E-state index < -0.39 is 6.10 Å². The van der Waals surface area contributed by atoms with E-state index >= 15 is 0 Å². The van der Waals surface area contributed by atoms with Crippen LogP contribution in [-0.4, -0.2) is 17.8 Å². The van der Waals surface area contributed by atoms with Crippen LogP contribution in [0, 0.1) is 0 Å². The molecule has 0 amide bonds. The molecule has 2 rings (SSSR count). The van der Waals surface area contributed by atoms with Gasteiger partial charge in [-0.3, -0.25) is 0 Å². The molecule has 1 N–H and O–H groups in total. The number of aliphatic hydroxyl groups is 1. The van der Waals surface area contributed by atoms with Crippen LogP contribution in [0.1, 0.15) is 64.0 Å². The quantitative estimate of drug-likeness (QED) is 0.791. The highest BCUT2D eigenvalue weighted by Crippen LogP contribution is 2.43. The first kappa shape index (κ1) is 15.2. The van der Waals surface area contributed by atoms with Gasteiger partial charge in [0.15, 0.2) is 0 Å². The lowest BCUT2D eigenvalue weighted by Crippen LogP contribution is -2.38. The van der Waals surface area contributed by atoms with Crippen molar-refractivity contribution in [3.63, 3.8) is 0 Å². The van der Waals surface area contributed by atoms with Gasteiger partial charge in [-0.25, -0.2) is 0 Å². The van der Waals surface area contributed by atoms with Crippen molar-refractivity contribution in [2.45, 2.75) is 64.1 Å². The molecule has 1 aromatic carbocycles. The minimum Gasteiger partial charge on any atom is -0.497 e. The van der Waals surface area contributed by atoms with Gasteiger partial charge in [-0.15, -0.1) is 0 Å². The maximum absolute atomic E-state index is 10.3. The molecule has 0 saturated heterocycles. The van der Waals surface area contributed by atoms with Gasteiger partial charge in [0.1, 0.15) is 17.1 Å². The van der Waals surface area contributed by atoms with Crippen molar-refractivity contribution in [3.05, 3.63) is 23.8 Å². The summed E-state index contributed by atoms with van der Waals surface area (Å²) in [5.41, 5.74) is 0.601. The van der Waals surface area contributed by atoms with Gasteiger partial charge in [-0.1, -0.05) is 26.2 Å². The zero-order valence-corrected chi connectivity index (χ0v) is 12.8. The van der Waals surface area contributed by atoms with E-state index in [9.17, 15) is 5.11 Å². The zero-order valence-electron chi connectivity index (χ0n) is 12.8. The molecule has 3 nitrogen and oxygen atoms in total. The van der Waals surface area contributed by atoms with Crippen molar-refractivity contribution >= 4 is 0 Å². The van der Waals surface area contributed by atoms with E-state index in [-0.39, 0.29) is 5.60 Å². The average molecular weight is 278 g/mol. The van der Waals surface area contributed by atoms with Gasteiger partial charge in [0.2, 0.25) is 0 Å². The Balaban J connectivity index is 2.08. The number of hydrogen-bond donors (Lipinski definition) is 1. The van der Waals surface area contributed by atoms with Gasteiger partial charge in [0.05, 0.1) is 13.2 Å². The zero-order chi connectivity index (χ0) is 14.6. The number of rotatable bonds is 6. The molecule has 2 atom stereocenters. The Morgan fingerprint density at radius 1 is 1.35 bits per heavy atom. The van der Waals surface area contributed by atoms with Crippen molar-refractivity contribution in [1.29, 1.82) is 0 Å². The van der Waals surface area contributed by atoms with Crippen LogP contribution in [0.25, 0.3) is 0 Å². The lowest BCUT2D eigenvalue weighted by atomic mass is 9.86. The Morgan fingerprint density at radius 3 is 2.85 bits per heavy atom. The fourth-order valence-corrected chi connectivity index (χ4v) is 2.91. The molecule has 20 heavy (non-hydrogen) atoms. The summed E-state index contributed by atoms with van der Waals surface area (Å²) in [5, 5.41) is 10.3. The third-order valence-electron chi connectivity index (χ3n) is 4.12. The van der Waals surface area contributed by atoms with Crippen molar-refractivity contribution < 1.29 is 14.6 Å². The fraction of sp³-hybridized carbons (Fsp3) is 0.647. The van der Waals surface area contributed by atoms with Crippen LogP contribution in [-0.2, 0) is 0 Å². The van der Waals surface area contributed by atoms with Crippen molar-refractivity contribution in [2.24, 2.45) is 0 Å². The topological polar surface area (TPSA) is 38.7 Å². The first-order valence-electron chi connectivity index (χ1n) is 7.63. The summed E-state index contributed by atoms with van der Waals surface area (Å²) < 4.78 is 11.4. The molecule has 1 unspecified atom stereocenters. The molecule has 0 aliphatic carbocycles. The molecule has 1 heterocycles. The molecular formula is C17H26O3. The Bertz CT molecular complexity index is 444. The fourth-order valence-electron chi connectivity index (χ4n) is 2.91. The largest absolute Gasteiger partial charge is 0.497 e. The van der Waals surface area contributed by atoms with E-state index in [0.29, 0.717) is 6.42 Å². The second kappa shape index (κ2) is 6.49. The number of aliphatic hydroxyl groups excluding tert-OH is 1. The first-order chi connectivity index (χ1) is 9.58. The minimum atomic E-state index is -0.444. The van der Waals surface area contributed by atoms with Crippen molar-refractivity contribution in [1.82, 2.24) is 0 Å². The number of benzene rings is 1. The van der Waals surface area contributed by atoms with E-state index in [4.69, 9.17) is 9.47 Å². The highest BCUT2D eigenvalue weighted by atomic mass is 16.5. The second-order valence-electron chi connectivity index (χ2n) is 5.99. The standard InChI is InChI=1S/C17H26O3/c1-4-5-6-7-10-17(2)12-15(18)14-9-8-13(19-3)11-16(14)20-17/h8-9,11,15,18H,4-7,10,12H2,1-3H3/t15-,17?/m0/s1. The molecular weight excluding hydrogens is 252 g/mol. The summed E-state index contributed by atoms with van der Waals surface area (Å²) in [5.74, 6) is 1.53. The SMILES string of the molecule is CCCCCCC1(C)C[C@H](O)c2ccc(OC)cc2O1. The van der Waals surface area contributed by atoms with Crippen LogP contribution in [0.3, 0.4) is 0 Å². The Morgan fingerprint density at radius 2 is 2.15 bits per heavy atom. The van der Waals surface area contributed by atoms with Crippen LogP contribution in [0.5, 0.6) is 11.5 Å². The molecule has 0 radical (unpaired) electrons. The van der Waals surface area contributed by atoms with E-state index in [2.05, 4.69) is 13.8 Å². The molecule has 1 aliphatic rings. The summed E-state index contributed by atoms with van der Waals surface area (Å²) in [6.07, 6.45) is 6.09. The summed E-state index contributed by atoms with van der Waals surface area (Å²) >= 11 is 0. The first-order valence-corrected chi connectivity index (χ1v) is 7.63. The van der Waals surface area contributed by atoms with Crippen LogP contribution in [0.4, 0.5) is 0 Å². The Kier molecular flexibility index (Phi) is 4.92. The lowest BCUT2D eigenvalue weighted by Gasteiger charge is -2.38. The van der Waals surface area contributed by atoms with Gasteiger partial charge in [0, 0.05) is 18.1 Å². The van der Waals surface area contributed by atoms with Gasteiger partial charge < -0.3 is 14.6 Å². The van der Waals surface area contributed by atoms with E-state index in [0.717, 1.165) is 29.9 Å². The third kappa shape index (κ3) is 3.45. The van der Waals surface area contributed by atoms with Crippen LogP contribution in [0.2, 0.25) is 0 Å². The monoisotopic (exact) mass is 278 g/mol. The Hall–Kier alpha value is -1.22. The van der Waals surface area contributed by atoms with Gasteiger partial charge in [-0.2, -0.15) is 0 Å². The van der Waals surface area contributed by atoms with Crippen molar-refractivity contribution in [3.8, 4) is 11.5 Å². The summed E-state index contributed by atoms with van der Waals surface area (Å²) in [6.45, 7) is 4.32. The number of methoxy groups -OCH3 is 1. The minimum absolute atomic E-state index is 0.271. The van der Waals surface area contributed by atoms with Crippen molar-refractivity contribution in [2.75, 3.05) is 7.11 Å². The molecule has 3 heteroatoms. The normalized spacial score (nSPS) is 24.9. The number of fused-ring (bicyclic) bond motifs is 1. The molecule has 0 bridgehead atoms. The van der Waals surface area contributed by atoms with Crippen LogP contribution in [0.15, 0.2) is 18.2 Å². The second-order valence-corrected chi connectivity index (χ2v) is 5.99.